The van der Waals surface area contributed by atoms with E-state index < -0.39 is 0 Å². The zero-order valence-electron chi connectivity index (χ0n) is 10.9. The molecule has 1 heterocycles. The Balaban J connectivity index is 1.73. The minimum Gasteiger partial charge on any atom is -0.355 e. The Morgan fingerprint density at radius 2 is 1.84 bits per heavy atom. The van der Waals surface area contributed by atoms with Gasteiger partial charge in [-0.15, -0.1) is 0 Å². The third kappa shape index (κ3) is 3.54. The molecular formula is C14H19N3O2. The van der Waals surface area contributed by atoms with Gasteiger partial charge >= 0.3 is 0 Å². The largest absolute Gasteiger partial charge is 0.355 e. The van der Waals surface area contributed by atoms with E-state index in [2.05, 4.69) is 17.4 Å². The van der Waals surface area contributed by atoms with Gasteiger partial charge in [-0.1, -0.05) is 24.3 Å². The van der Waals surface area contributed by atoms with Gasteiger partial charge in [0.2, 0.25) is 11.8 Å². The van der Waals surface area contributed by atoms with E-state index in [9.17, 15) is 9.59 Å². The van der Waals surface area contributed by atoms with Gasteiger partial charge in [0.25, 0.3) is 0 Å². The second-order valence-corrected chi connectivity index (χ2v) is 4.68. The van der Waals surface area contributed by atoms with E-state index in [1.165, 1.54) is 11.1 Å². The third-order valence-corrected chi connectivity index (χ3v) is 3.27. The van der Waals surface area contributed by atoms with Crippen LogP contribution in [-0.4, -0.2) is 29.8 Å². The number of hydrogen-bond acceptors (Lipinski definition) is 3. The molecule has 102 valence electrons. The topological polar surface area (TPSA) is 75.4 Å². The molecule has 0 unspecified atom stereocenters. The van der Waals surface area contributed by atoms with Crippen molar-refractivity contribution in [3.05, 3.63) is 35.4 Å². The van der Waals surface area contributed by atoms with Gasteiger partial charge in [0.1, 0.15) is 0 Å². The molecule has 1 aromatic carbocycles. The predicted molar refractivity (Wildman–Crippen MR) is 72.0 cm³/mol. The van der Waals surface area contributed by atoms with Gasteiger partial charge in [-0.2, -0.15) is 0 Å². The summed E-state index contributed by atoms with van der Waals surface area (Å²) < 4.78 is 0. The van der Waals surface area contributed by atoms with Crippen LogP contribution in [-0.2, 0) is 22.7 Å². The molecule has 3 N–H and O–H groups in total. The molecular weight excluding hydrogens is 242 g/mol. The average Bonchev–Trinajstić information content (AvgIpc) is 2.87. The number of carbonyl (C=O) groups is 2. The Bertz CT molecular complexity index is 449. The maximum absolute atomic E-state index is 12.0. The van der Waals surface area contributed by atoms with E-state index in [0.717, 1.165) is 0 Å². The molecule has 1 aliphatic heterocycles. The lowest BCUT2D eigenvalue weighted by molar-refractivity contribution is -0.132. The van der Waals surface area contributed by atoms with Crippen molar-refractivity contribution >= 4 is 11.8 Å². The number of benzene rings is 1. The van der Waals surface area contributed by atoms with Crippen molar-refractivity contribution in [3.8, 4) is 0 Å². The summed E-state index contributed by atoms with van der Waals surface area (Å²) in [6.07, 6.45) is 1.11. The van der Waals surface area contributed by atoms with E-state index in [1.807, 2.05) is 17.0 Å². The van der Waals surface area contributed by atoms with Crippen molar-refractivity contribution in [2.24, 2.45) is 5.73 Å². The molecule has 0 saturated carbocycles. The molecule has 1 aromatic rings. The SMILES string of the molecule is NCC(=O)NCCCC(=O)N1Cc2ccccc2C1. The first-order valence-corrected chi connectivity index (χ1v) is 6.52. The van der Waals surface area contributed by atoms with Crippen LogP contribution in [0.1, 0.15) is 24.0 Å². The Morgan fingerprint density at radius 3 is 2.42 bits per heavy atom. The van der Waals surface area contributed by atoms with Crippen LogP contribution in [0.3, 0.4) is 0 Å². The predicted octanol–water partition coefficient (Wildman–Crippen LogP) is 0.384. The van der Waals surface area contributed by atoms with Crippen molar-refractivity contribution < 1.29 is 9.59 Å². The van der Waals surface area contributed by atoms with E-state index in [4.69, 9.17) is 5.73 Å². The van der Waals surface area contributed by atoms with Gasteiger partial charge in [0.05, 0.1) is 6.54 Å². The summed E-state index contributed by atoms with van der Waals surface area (Å²) in [6.45, 7) is 1.90. The van der Waals surface area contributed by atoms with Crippen LogP contribution >= 0.6 is 0 Å². The monoisotopic (exact) mass is 261 g/mol. The van der Waals surface area contributed by atoms with Crippen LogP contribution in [0.5, 0.6) is 0 Å². The summed E-state index contributed by atoms with van der Waals surface area (Å²) in [5.74, 6) is -0.0424. The molecule has 5 heteroatoms. The highest BCUT2D eigenvalue weighted by Gasteiger charge is 2.22. The average molecular weight is 261 g/mol. The number of hydrogen-bond donors (Lipinski definition) is 2. The van der Waals surface area contributed by atoms with E-state index in [1.54, 1.807) is 0 Å². The molecule has 19 heavy (non-hydrogen) atoms. The van der Waals surface area contributed by atoms with Gasteiger partial charge in [0, 0.05) is 26.1 Å². The number of nitrogens with one attached hydrogen (secondary N) is 1. The van der Waals surface area contributed by atoms with Gasteiger partial charge in [-0.05, 0) is 17.5 Å². The maximum atomic E-state index is 12.0. The van der Waals surface area contributed by atoms with Gasteiger partial charge in [0.15, 0.2) is 0 Å². The lowest BCUT2D eigenvalue weighted by atomic mass is 10.1. The summed E-state index contributed by atoms with van der Waals surface area (Å²) in [6, 6.07) is 8.11. The Morgan fingerprint density at radius 1 is 1.21 bits per heavy atom. The van der Waals surface area contributed by atoms with Crippen molar-refractivity contribution in [3.63, 3.8) is 0 Å². The Hall–Kier alpha value is -1.88. The van der Waals surface area contributed by atoms with Gasteiger partial charge in [-0.25, -0.2) is 0 Å². The van der Waals surface area contributed by atoms with Crippen molar-refractivity contribution in [1.29, 1.82) is 0 Å². The van der Waals surface area contributed by atoms with Crippen LogP contribution in [0.2, 0.25) is 0 Å². The summed E-state index contributed by atoms with van der Waals surface area (Å²) in [5, 5.41) is 2.66. The highest BCUT2D eigenvalue weighted by atomic mass is 16.2. The smallest absolute Gasteiger partial charge is 0.233 e. The number of nitrogens with two attached hydrogens (primary N) is 1. The van der Waals surface area contributed by atoms with Crippen molar-refractivity contribution in [1.82, 2.24) is 10.2 Å². The summed E-state index contributed by atoms with van der Waals surface area (Å²) in [7, 11) is 0. The maximum Gasteiger partial charge on any atom is 0.233 e. The van der Waals surface area contributed by atoms with E-state index >= 15 is 0 Å². The van der Waals surface area contributed by atoms with Crippen LogP contribution in [0.15, 0.2) is 24.3 Å². The second kappa shape index (κ2) is 6.33. The Labute approximate surface area is 112 Å². The van der Waals surface area contributed by atoms with Gasteiger partial charge < -0.3 is 16.0 Å². The molecule has 0 radical (unpaired) electrons. The summed E-state index contributed by atoms with van der Waals surface area (Å²) >= 11 is 0. The van der Waals surface area contributed by atoms with Crippen LogP contribution < -0.4 is 11.1 Å². The van der Waals surface area contributed by atoms with Crippen LogP contribution in [0, 0.1) is 0 Å². The highest BCUT2D eigenvalue weighted by Crippen LogP contribution is 2.22. The number of rotatable bonds is 5. The van der Waals surface area contributed by atoms with E-state index in [-0.39, 0.29) is 18.4 Å². The quantitative estimate of drug-likeness (QED) is 0.753. The zero-order chi connectivity index (χ0) is 13.7. The number of fused-ring (bicyclic) bond motifs is 1. The highest BCUT2D eigenvalue weighted by molar-refractivity contribution is 5.78. The number of carbonyl (C=O) groups excluding carboxylic acids is 2. The molecule has 0 saturated heterocycles. The van der Waals surface area contributed by atoms with Crippen molar-refractivity contribution in [2.45, 2.75) is 25.9 Å². The zero-order valence-corrected chi connectivity index (χ0v) is 10.9. The molecule has 2 amide bonds. The first-order chi connectivity index (χ1) is 9.20. The standard InChI is InChI=1S/C14H19N3O2/c15-8-13(18)16-7-3-6-14(19)17-9-11-4-1-2-5-12(11)10-17/h1-2,4-5H,3,6-10,15H2,(H,16,18). The fourth-order valence-corrected chi connectivity index (χ4v) is 2.21. The van der Waals surface area contributed by atoms with Crippen LogP contribution in [0.4, 0.5) is 0 Å². The lowest BCUT2D eigenvalue weighted by Gasteiger charge is -2.15. The molecule has 2 rings (SSSR count). The molecule has 1 aliphatic rings. The fraction of sp³-hybridized carbons (Fsp3) is 0.429. The molecule has 0 fully saturated rings. The molecule has 0 aromatic heterocycles. The first-order valence-electron chi connectivity index (χ1n) is 6.52. The summed E-state index contributed by atoms with van der Waals surface area (Å²) in [4.78, 5) is 24.8. The first kappa shape index (κ1) is 13.5. The minimum absolute atomic E-state index is 0.00458. The molecule has 5 nitrogen and oxygen atoms in total. The lowest BCUT2D eigenvalue weighted by Crippen LogP contribution is -2.32. The Kier molecular flexibility index (Phi) is 4.52. The number of nitrogens with zero attached hydrogens (tertiary/aromatic N) is 1. The summed E-state index contributed by atoms with van der Waals surface area (Å²) in [5.41, 5.74) is 7.63. The molecule has 0 atom stereocenters. The van der Waals surface area contributed by atoms with Crippen molar-refractivity contribution in [2.75, 3.05) is 13.1 Å². The molecule has 0 aliphatic carbocycles. The molecule has 0 spiro atoms. The van der Waals surface area contributed by atoms with Crippen LogP contribution in [0.25, 0.3) is 0 Å². The number of amides is 2. The molecule has 0 bridgehead atoms. The van der Waals surface area contributed by atoms with E-state index in [0.29, 0.717) is 32.5 Å². The normalized spacial score (nSPS) is 13.2. The van der Waals surface area contributed by atoms with Gasteiger partial charge in [-0.3, -0.25) is 9.59 Å². The second-order valence-electron chi connectivity index (χ2n) is 4.68. The minimum atomic E-state index is -0.180. The third-order valence-electron chi connectivity index (χ3n) is 3.27. The fourth-order valence-electron chi connectivity index (χ4n) is 2.21.